The highest BCUT2D eigenvalue weighted by Gasteiger charge is 2.20. The van der Waals surface area contributed by atoms with Gasteiger partial charge in [0.05, 0.1) is 6.10 Å². The van der Waals surface area contributed by atoms with Crippen molar-refractivity contribution in [1.29, 1.82) is 0 Å². The molecule has 0 radical (unpaired) electrons. The van der Waals surface area contributed by atoms with Crippen molar-refractivity contribution in [2.45, 2.75) is 33.3 Å². The van der Waals surface area contributed by atoms with Crippen molar-refractivity contribution >= 4 is 13.6 Å². The number of rotatable bonds is 5. The summed E-state index contributed by atoms with van der Waals surface area (Å²) in [6, 6.07) is 0. The largest absolute Gasteiger partial charge is 0.469 e. The maximum atomic E-state index is 11.0. The Labute approximate surface area is 83.0 Å². The standard InChI is InChI=1S/C8H15O5P/c1-4-8(7(3)9)5-6(2)13-14(10,11)12/h4,6H,5H2,1-3H3,(H2,10,11,12). The first-order valence-electron chi connectivity index (χ1n) is 4.16. The van der Waals surface area contributed by atoms with E-state index in [-0.39, 0.29) is 12.2 Å². The minimum absolute atomic E-state index is 0.117. The average molecular weight is 222 g/mol. The van der Waals surface area contributed by atoms with E-state index in [0.29, 0.717) is 5.57 Å². The molecule has 6 heteroatoms. The molecule has 0 aliphatic rings. The fraction of sp³-hybridized carbons (Fsp3) is 0.625. The van der Waals surface area contributed by atoms with Crippen LogP contribution >= 0.6 is 7.82 Å². The van der Waals surface area contributed by atoms with Crippen LogP contribution in [0.25, 0.3) is 0 Å². The Morgan fingerprint density at radius 3 is 2.36 bits per heavy atom. The maximum Gasteiger partial charge on any atom is 0.469 e. The fourth-order valence-corrected chi connectivity index (χ4v) is 1.59. The smallest absolute Gasteiger partial charge is 0.303 e. The summed E-state index contributed by atoms with van der Waals surface area (Å²) in [5, 5.41) is 0. The van der Waals surface area contributed by atoms with Gasteiger partial charge < -0.3 is 9.79 Å². The molecule has 82 valence electrons. The Morgan fingerprint density at radius 1 is 1.57 bits per heavy atom. The molecule has 0 saturated carbocycles. The minimum Gasteiger partial charge on any atom is -0.303 e. The lowest BCUT2D eigenvalue weighted by atomic mass is 10.1. The lowest BCUT2D eigenvalue weighted by Gasteiger charge is -2.13. The van der Waals surface area contributed by atoms with Crippen molar-refractivity contribution in [3.8, 4) is 0 Å². The topological polar surface area (TPSA) is 83.8 Å². The van der Waals surface area contributed by atoms with Gasteiger partial charge in [-0.2, -0.15) is 0 Å². The highest BCUT2D eigenvalue weighted by Crippen LogP contribution is 2.38. The molecule has 5 nitrogen and oxygen atoms in total. The van der Waals surface area contributed by atoms with E-state index in [4.69, 9.17) is 9.79 Å². The molecular weight excluding hydrogens is 207 g/mol. The van der Waals surface area contributed by atoms with E-state index in [1.807, 2.05) is 0 Å². The molecule has 0 aliphatic carbocycles. The summed E-state index contributed by atoms with van der Waals surface area (Å²) in [4.78, 5) is 28.0. The van der Waals surface area contributed by atoms with E-state index in [0.717, 1.165) is 0 Å². The number of hydrogen-bond acceptors (Lipinski definition) is 3. The summed E-state index contributed by atoms with van der Waals surface area (Å²) in [5.41, 5.74) is 0.506. The van der Waals surface area contributed by atoms with Gasteiger partial charge in [-0.1, -0.05) is 6.08 Å². The first kappa shape index (κ1) is 13.5. The van der Waals surface area contributed by atoms with E-state index in [2.05, 4.69) is 4.52 Å². The zero-order chi connectivity index (χ0) is 11.4. The molecule has 1 unspecified atom stereocenters. The number of ketones is 1. The van der Waals surface area contributed by atoms with Gasteiger partial charge in [-0.3, -0.25) is 9.32 Å². The minimum atomic E-state index is -4.46. The van der Waals surface area contributed by atoms with E-state index < -0.39 is 13.9 Å². The summed E-state index contributed by atoms with van der Waals surface area (Å²) in [7, 11) is -4.46. The molecular formula is C8H15O5P. The van der Waals surface area contributed by atoms with Crippen molar-refractivity contribution in [3.05, 3.63) is 11.6 Å². The molecule has 14 heavy (non-hydrogen) atoms. The molecule has 0 spiro atoms. The van der Waals surface area contributed by atoms with Gasteiger partial charge in [-0.25, -0.2) is 4.57 Å². The SMILES string of the molecule is CC=C(CC(C)OP(=O)(O)O)C(C)=O. The molecule has 0 saturated heterocycles. The Morgan fingerprint density at radius 2 is 2.07 bits per heavy atom. The van der Waals surface area contributed by atoms with Gasteiger partial charge in [0.25, 0.3) is 0 Å². The molecule has 1 atom stereocenters. The predicted molar refractivity (Wildman–Crippen MR) is 51.6 cm³/mol. The lowest BCUT2D eigenvalue weighted by Crippen LogP contribution is -2.10. The first-order valence-corrected chi connectivity index (χ1v) is 5.69. The van der Waals surface area contributed by atoms with Crippen LogP contribution in [0.4, 0.5) is 0 Å². The maximum absolute atomic E-state index is 11.0. The second-order valence-corrected chi connectivity index (χ2v) is 4.17. The Balaban J connectivity index is 4.25. The van der Waals surface area contributed by atoms with E-state index in [1.54, 1.807) is 13.0 Å². The second-order valence-electron chi connectivity index (χ2n) is 2.98. The van der Waals surface area contributed by atoms with Crippen LogP contribution in [0.1, 0.15) is 27.2 Å². The molecule has 0 fully saturated rings. The average Bonchev–Trinajstić information content (AvgIpc) is 1.96. The first-order chi connectivity index (χ1) is 6.26. The van der Waals surface area contributed by atoms with Crippen molar-refractivity contribution < 1.29 is 23.7 Å². The van der Waals surface area contributed by atoms with Crippen LogP contribution in [0.2, 0.25) is 0 Å². The van der Waals surface area contributed by atoms with E-state index in [9.17, 15) is 9.36 Å². The van der Waals surface area contributed by atoms with Gasteiger partial charge in [-0.05, 0) is 26.3 Å². The van der Waals surface area contributed by atoms with Crippen molar-refractivity contribution in [2.75, 3.05) is 0 Å². The highest BCUT2D eigenvalue weighted by molar-refractivity contribution is 7.46. The molecule has 0 aliphatic heterocycles. The number of phosphoric ester groups is 1. The van der Waals surface area contributed by atoms with Crippen LogP contribution in [-0.2, 0) is 13.9 Å². The molecule has 0 aromatic heterocycles. The zero-order valence-corrected chi connectivity index (χ0v) is 9.32. The molecule has 0 rings (SSSR count). The summed E-state index contributed by atoms with van der Waals surface area (Å²) >= 11 is 0. The van der Waals surface area contributed by atoms with Crippen LogP contribution < -0.4 is 0 Å². The third kappa shape index (κ3) is 6.05. The third-order valence-electron chi connectivity index (χ3n) is 1.63. The number of carbonyl (C=O) groups is 1. The number of allylic oxidation sites excluding steroid dienone is 1. The van der Waals surface area contributed by atoms with Crippen LogP contribution in [0, 0.1) is 0 Å². The normalized spacial score (nSPS) is 15.4. The lowest BCUT2D eigenvalue weighted by molar-refractivity contribution is -0.114. The molecule has 0 heterocycles. The summed E-state index contributed by atoms with van der Waals surface area (Å²) in [6.07, 6.45) is 1.14. The van der Waals surface area contributed by atoms with Crippen molar-refractivity contribution in [2.24, 2.45) is 0 Å². The van der Waals surface area contributed by atoms with Crippen LogP contribution in [-0.4, -0.2) is 21.7 Å². The predicted octanol–water partition coefficient (Wildman–Crippen LogP) is 1.41. The van der Waals surface area contributed by atoms with Gasteiger partial charge in [0, 0.05) is 6.42 Å². The van der Waals surface area contributed by atoms with E-state index >= 15 is 0 Å². The quantitative estimate of drug-likeness (QED) is 0.542. The third-order valence-corrected chi connectivity index (χ3v) is 2.26. The second kappa shape index (κ2) is 5.41. The van der Waals surface area contributed by atoms with Crippen molar-refractivity contribution in [1.82, 2.24) is 0 Å². The molecule has 0 aromatic rings. The number of carbonyl (C=O) groups excluding carboxylic acids is 1. The zero-order valence-electron chi connectivity index (χ0n) is 8.43. The van der Waals surface area contributed by atoms with Gasteiger partial charge in [0.15, 0.2) is 5.78 Å². The summed E-state index contributed by atoms with van der Waals surface area (Å²) in [5.74, 6) is -0.117. The fourth-order valence-electron chi connectivity index (χ4n) is 1.05. The van der Waals surface area contributed by atoms with Gasteiger partial charge in [-0.15, -0.1) is 0 Å². The molecule has 0 amide bonds. The Hall–Kier alpha value is -0.480. The summed E-state index contributed by atoms with van der Waals surface area (Å²) < 4.78 is 14.8. The van der Waals surface area contributed by atoms with Crippen molar-refractivity contribution in [3.63, 3.8) is 0 Å². The number of hydrogen-bond donors (Lipinski definition) is 2. The Kier molecular flexibility index (Phi) is 5.23. The van der Waals surface area contributed by atoms with E-state index in [1.165, 1.54) is 13.8 Å². The van der Waals surface area contributed by atoms with Crippen LogP contribution in [0.15, 0.2) is 11.6 Å². The van der Waals surface area contributed by atoms with Crippen LogP contribution in [0.5, 0.6) is 0 Å². The molecule has 0 bridgehead atoms. The Bertz CT molecular complexity index is 277. The van der Waals surface area contributed by atoms with Crippen LogP contribution in [0.3, 0.4) is 0 Å². The number of Topliss-reactive ketones (excluding diaryl/α,β-unsaturated/α-hetero) is 1. The molecule has 0 aromatic carbocycles. The van der Waals surface area contributed by atoms with Gasteiger partial charge >= 0.3 is 7.82 Å². The highest BCUT2D eigenvalue weighted by atomic mass is 31.2. The van der Waals surface area contributed by atoms with Gasteiger partial charge in [0.1, 0.15) is 0 Å². The summed E-state index contributed by atoms with van der Waals surface area (Å²) in [6.45, 7) is 4.60. The number of phosphoric acid groups is 1. The van der Waals surface area contributed by atoms with Gasteiger partial charge in [0.2, 0.25) is 0 Å². The molecule has 2 N–H and O–H groups in total. The monoisotopic (exact) mass is 222 g/mol.